The fourth-order valence-corrected chi connectivity index (χ4v) is 4.93. The summed E-state index contributed by atoms with van der Waals surface area (Å²) in [5.41, 5.74) is 3.75. The highest BCUT2D eigenvalue weighted by Crippen LogP contribution is 2.38. The number of aromatic nitrogens is 1. The van der Waals surface area contributed by atoms with Crippen LogP contribution in [-0.4, -0.2) is 23.3 Å². The SMILES string of the molecule is CCC(Sc1nc2c(cc1C#N)CC(C(C)(C)C)CC2)C(=O)Nc1cccc(OC)c1. The lowest BCUT2D eigenvalue weighted by Gasteiger charge is -2.34. The summed E-state index contributed by atoms with van der Waals surface area (Å²) < 4.78 is 5.23. The number of carbonyl (C=O) groups excluding carboxylic acids is 1. The fourth-order valence-electron chi connectivity index (χ4n) is 3.94. The number of thioether (sulfide) groups is 1. The van der Waals surface area contributed by atoms with Crippen LogP contribution in [0.15, 0.2) is 35.4 Å². The molecule has 31 heavy (non-hydrogen) atoms. The van der Waals surface area contributed by atoms with Crippen LogP contribution in [0.2, 0.25) is 0 Å². The van der Waals surface area contributed by atoms with Crippen molar-refractivity contribution in [1.82, 2.24) is 4.98 Å². The number of nitrogens with zero attached hydrogens (tertiary/aromatic N) is 2. The smallest absolute Gasteiger partial charge is 0.237 e. The molecule has 1 heterocycles. The Kier molecular flexibility index (Phi) is 7.27. The van der Waals surface area contributed by atoms with Crippen molar-refractivity contribution in [3.8, 4) is 11.8 Å². The Labute approximate surface area is 189 Å². The monoisotopic (exact) mass is 437 g/mol. The van der Waals surface area contributed by atoms with Crippen molar-refractivity contribution < 1.29 is 9.53 Å². The average molecular weight is 438 g/mol. The van der Waals surface area contributed by atoms with Gasteiger partial charge in [-0.25, -0.2) is 4.98 Å². The molecule has 0 bridgehead atoms. The van der Waals surface area contributed by atoms with Crippen molar-refractivity contribution in [2.45, 2.75) is 63.7 Å². The van der Waals surface area contributed by atoms with E-state index in [1.807, 2.05) is 31.2 Å². The second-order valence-electron chi connectivity index (χ2n) is 9.10. The molecule has 1 aliphatic rings. The van der Waals surface area contributed by atoms with Gasteiger partial charge in [-0.15, -0.1) is 0 Å². The summed E-state index contributed by atoms with van der Waals surface area (Å²) in [6.07, 6.45) is 3.62. The number of carbonyl (C=O) groups is 1. The summed E-state index contributed by atoms with van der Waals surface area (Å²) in [6.45, 7) is 8.80. The minimum atomic E-state index is -0.338. The molecule has 0 fully saturated rings. The number of aryl methyl sites for hydroxylation is 1. The van der Waals surface area contributed by atoms with Gasteiger partial charge in [0.15, 0.2) is 0 Å². The normalized spacial score (nSPS) is 16.7. The number of nitriles is 1. The quantitative estimate of drug-likeness (QED) is 0.594. The molecule has 1 aromatic carbocycles. The van der Waals surface area contributed by atoms with Crippen LogP contribution in [0.1, 0.15) is 57.4 Å². The van der Waals surface area contributed by atoms with Crippen molar-refractivity contribution in [3.63, 3.8) is 0 Å². The van der Waals surface area contributed by atoms with Crippen LogP contribution in [0.5, 0.6) is 5.75 Å². The van der Waals surface area contributed by atoms with Crippen molar-refractivity contribution >= 4 is 23.4 Å². The van der Waals surface area contributed by atoms with Gasteiger partial charge < -0.3 is 10.1 Å². The summed E-state index contributed by atoms with van der Waals surface area (Å²) in [7, 11) is 1.60. The van der Waals surface area contributed by atoms with Gasteiger partial charge in [0.2, 0.25) is 5.91 Å². The molecule has 0 spiro atoms. The Hall–Kier alpha value is -2.52. The van der Waals surface area contributed by atoms with E-state index >= 15 is 0 Å². The van der Waals surface area contributed by atoms with Crippen LogP contribution in [0.4, 0.5) is 5.69 Å². The number of methoxy groups -OCH3 is 1. The van der Waals surface area contributed by atoms with E-state index in [1.165, 1.54) is 17.3 Å². The van der Waals surface area contributed by atoms with Gasteiger partial charge in [0, 0.05) is 17.4 Å². The number of nitrogens with one attached hydrogen (secondary N) is 1. The summed E-state index contributed by atoms with van der Waals surface area (Å²) in [6, 6.07) is 11.6. The molecule has 2 aromatic rings. The first-order chi connectivity index (χ1) is 14.7. The fraction of sp³-hybridized carbons (Fsp3) is 0.480. The van der Waals surface area contributed by atoms with Crippen LogP contribution in [0.3, 0.4) is 0 Å². The molecule has 1 N–H and O–H groups in total. The molecule has 0 aliphatic heterocycles. The topological polar surface area (TPSA) is 75.0 Å². The van der Waals surface area contributed by atoms with E-state index in [0.717, 1.165) is 25.0 Å². The first-order valence-corrected chi connectivity index (χ1v) is 11.7. The average Bonchev–Trinajstić information content (AvgIpc) is 2.75. The lowest BCUT2D eigenvalue weighted by Crippen LogP contribution is -2.28. The summed E-state index contributed by atoms with van der Waals surface area (Å²) in [5.74, 6) is 1.18. The van der Waals surface area contributed by atoms with Crippen LogP contribution >= 0.6 is 11.8 Å². The second kappa shape index (κ2) is 9.74. The predicted molar refractivity (Wildman–Crippen MR) is 125 cm³/mol. The molecule has 2 atom stereocenters. The van der Waals surface area contributed by atoms with Crippen LogP contribution < -0.4 is 10.1 Å². The highest BCUT2D eigenvalue weighted by molar-refractivity contribution is 8.00. The predicted octanol–water partition coefficient (Wildman–Crippen LogP) is 5.62. The van der Waals surface area contributed by atoms with Crippen molar-refractivity contribution in [2.24, 2.45) is 11.3 Å². The first kappa shape index (κ1) is 23.1. The van der Waals surface area contributed by atoms with E-state index in [4.69, 9.17) is 9.72 Å². The Bertz CT molecular complexity index is 991. The highest BCUT2D eigenvalue weighted by atomic mass is 32.2. The lowest BCUT2D eigenvalue weighted by atomic mass is 9.71. The zero-order valence-electron chi connectivity index (χ0n) is 19.0. The zero-order chi connectivity index (χ0) is 22.6. The summed E-state index contributed by atoms with van der Waals surface area (Å²) >= 11 is 1.38. The van der Waals surface area contributed by atoms with Crippen molar-refractivity contribution in [1.29, 1.82) is 5.26 Å². The van der Waals surface area contributed by atoms with E-state index in [9.17, 15) is 10.1 Å². The highest BCUT2D eigenvalue weighted by Gasteiger charge is 2.30. The number of benzene rings is 1. The largest absolute Gasteiger partial charge is 0.497 e. The first-order valence-electron chi connectivity index (χ1n) is 10.8. The van der Waals surface area contributed by atoms with E-state index in [-0.39, 0.29) is 16.6 Å². The third kappa shape index (κ3) is 5.59. The van der Waals surface area contributed by atoms with Gasteiger partial charge in [-0.3, -0.25) is 4.79 Å². The van der Waals surface area contributed by atoms with E-state index in [1.54, 1.807) is 13.2 Å². The van der Waals surface area contributed by atoms with Crippen molar-refractivity contribution in [3.05, 3.63) is 47.2 Å². The van der Waals surface area contributed by atoms with Gasteiger partial charge in [-0.05, 0) is 60.8 Å². The number of amides is 1. The number of fused-ring (bicyclic) bond motifs is 1. The molecule has 2 unspecified atom stereocenters. The zero-order valence-corrected chi connectivity index (χ0v) is 19.8. The van der Waals surface area contributed by atoms with E-state index < -0.39 is 0 Å². The van der Waals surface area contributed by atoms with E-state index in [2.05, 4.69) is 32.2 Å². The minimum absolute atomic E-state index is 0.100. The van der Waals surface area contributed by atoms with Gasteiger partial charge >= 0.3 is 0 Å². The van der Waals surface area contributed by atoms with Gasteiger partial charge in [-0.2, -0.15) is 5.26 Å². The number of rotatable bonds is 6. The number of pyridine rings is 1. The third-order valence-electron chi connectivity index (χ3n) is 5.95. The van der Waals surface area contributed by atoms with Gasteiger partial charge in [0.25, 0.3) is 0 Å². The van der Waals surface area contributed by atoms with Gasteiger partial charge in [0.1, 0.15) is 16.8 Å². The molecule has 0 radical (unpaired) electrons. The van der Waals surface area contributed by atoms with Gasteiger partial charge in [-0.1, -0.05) is 45.5 Å². The molecule has 1 aromatic heterocycles. The molecule has 6 heteroatoms. The van der Waals surface area contributed by atoms with Crippen LogP contribution in [-0.2, 0) is 17.6 Å². The molecule has 1 amide bonds. The number of anilines is 1. The molecular weight excluding hydrogens is 406 g/mol. The lowest BCUT2D eigenvalue weighted by molar-refractivity contribution is -0.115. The molecular formula is C25H31N3O2S. The standard InChI is InChI=1S/C25H31N3O2S/c1-6-22(23(29)27-19-8-7-9-20(14-19)30-5)31-24-17(15-26)12-16-13-18(25(2,3)4)10-11-21(16)28-24/h7-9,12,14,18,22H,6,10-11,13H2,1-5H3,(H,27,29). The maximum absolute atomic E-state index is 12.9. The van der Waals surface area contributed by atoms with E-state index in [0.29, 0.717) is 34.4 Å². The maximum atomic E-state index is 12.9. The third-order valence-corrected chi connectivity index (χ3v) is 7.32. The van der Waals surface area contributed by atoms with Crippen LogP contribution in [0, 0.1) is 22.7 Å². The summed E-state index contributed by atoms with van der Waals surface area (Å²) in [5, 5.41) is 13.0. The summed E-state index contributed by atoms with van der Waals surface area (Å²) in [4.78, 5) is 17.8. The molecule has 164 valence electrons. The molecule has 3 rings (SSSR count). The maximum Gasteiger partial charge on any atom is 0.237 e. The van der Waals surface area contributed by atoms with Crippen molar-refractivity contribution in [2.75, 3.05) is 12.4 Å². The number of hydrogen-bond donors (Lipinski definition) is 1. The number of ether oxygens (including phenoxy) is 1. The molecule has 0 saturated carbocycles. The number of hydrogen-bond acceptors (Lipinski definition) is 5. The molecule has 1 aliphatic carbocycles. The Balaban J connectivity index is 1.78. The Morgan fingerprint density at radius 1 is 1.39 bits per heavy atom. The minimum Gasteiger partial charge on any atom is -0.497 e. The molecule has 5 nitrogen and oxygen atoms in total. The van der Waals surface area contributed by atoms with Gasteiger partial charge in [0.05, 0.1) is 17.9 Å². The molecule has 0 saturated heterocycles. The second-order valence-corrected chi connectivity index (χ2v) is 10.3. The Morgan fingerprint density at radius 2 is 2.16 bits per heavy atom. The Morgan fingerprint density at radius 3 is 2.81 bits per heavy atom. The van der Waals surface area contributed by atoms with Crippen LogP contribution in [0.25, 0.3) is 0 Å².